The standard InChI is InChI=1S/C26H42N2O/c1-5-27(6-2,23-25-15-11-9-12-16-25)19-21-29-22-20-28(7-3,8-4)24-26-17-13-10-14-18-26/h9-18H,5-8,19-24H2,1-4H3/q+2. The zero-order valence-corrected chi connectivity index (χ0v) is 19.1. The van der Waals surface area contributed by atoms with Crippen LogP contribution in [-0.2, 0) is 17.8 Å². The van der Waals surface area contributed by atoms with Gasteiger partial charge in [-0.05, 0) is 27.7 Å². The number of quaternary nitrogens is 2. The molecule has 0 aliphatic carbocycles. The van der Waals surface area contributed by atoms with Crippen LogP contribution in [0.25, 0.3) is 0 Å². The summed E-state index contributed by atoms with van der Waals surface area (Å²) in [5.41, 5.74) is 2.85. The zero-order chi connectivity index (χ0) is 21.0. The third-order valence-corrected chi connectivity index (χ3v) is 6.82. The van der Waals surface area contributed by atoms with Gasteiger partial charge in [-0.1, -0.05) is 60.7 Å². The molecule has 0 aliphatic heterocycles. The zero-order valence-electron chi connectivity index (χ0n) is 19.1. The molecule has 0 heterocycles. The molecule has 3 nitrogen and oxygen atoms in total. The molecule has 0 unspecified atom stereocenters. The number of ether oxygens (including phenoxy) is 1. The minimum atomic E-state index is 0.841. The van der Waals surface area contributed by atoms with Crippen LogP contribution in [0.4, 0.5) is 0 Å². The van der Waals surface area contributed by atoms with Gasteiger partial charge in [0.15, 0.2) is 0 Å². The smallest absolute Gasteiger partial charge is 0.104 e. The first-order chi connectivity index (χ1) is 14.1. The van der Waals surface area contributed by atoms with Crippen molar-refractivity contribution >= 4 is 0 Å². The predicted octanol–water partition coefficient (Wildman–Crippen LogP) is 5.12. The van der Waals surface area contributed by atoms with Crippen LogP contribution in [0.2, 0.25) is 0 Å². The molecule has 2 aromatic rings. The number of hydrogen-bond donors (Lipinski definition) is 0. The summed E-state index contributed by atoms with van der Waals surface area (Å²) in [4.78, 5) is 0. The lowest BCUT2D eigenvalue weighted by Gasteiger charge is -2.38. The summed E-state index contributed by atoms with van der Waals surface area (Å²) in [7, 11) is 0. The summed E-state index contributed by atoms with van der Waals surface area (Å²) >= 11 is 0. The van der Waals surface area contributed by atoms with E-state index in [1.165, 1.54) is 11.1 Å². The Morgan fingerprint density at radius 3 is 1.21 bits per heavy atom. The van der Waals surface area contributed by atoms with Crippen molar-refractivity contribution in [1.82, 2.24) is 0 Å². The highest BCUT2D eigenvalue weighted by molar-refractivity contribution is 5.14. The van der Waals surface area contributed by atoms with E-state index in [2.05, 4.69) is 88.4 Å². The molecular weight excluding hydrogens is 356 g/mol. The van der Waals surface area contributed by atoms with Gasteiger partial charge in [-0.15, -0.1) is 0 Å². The molecule has 0 spiro atoms. The lowest BCUT2D eigenvalue weighted by atomic mass is 10.1. The predicted molar refractivity (Wildman–Crippen MR) is 124 cm³/mol. The third-order valence-electron chi connectivity index (χ3n) is 6.82. The van der Waals surface area contributed by atoms with E-state index in [0.29, 0.717) is 0 Å². The van der Waals surface area contributed by atoms with Crippen molar-refractivity contribution in [3.05, 3.63) is 71.8 Å². The van der Waals surface area contributed by atoms with Crippen molar-refractivity contribution in [3.63, 3.8) is 0 Å². The van der Waals surface area contributed by atoms with Gasteiger partial charge in [0.2, 0.25) is 0 Å². The summed E-state index contributed by atoms with van der Waals surface area (Å²) in [5.74, 6) is 0. The van der Waals surface area contributed by atoms with Gasteiger partial charge >= 0.3 is 0 Å². The molecule has 0 aliphatic rings. The SMILES string of the molecule is CC[N+](CC)(CCOCC[N+](CC)(CC)Cc1ccccc1)Cc1ccccc1. The summed E-state index contributed by atoms with van der Waals surface area (Å²) in [6.07, 6.45) is 0. The summed E-state index contributed by atoms with van der Waals surface area (Å²) in [5, 5.41) is 0. The van der Waals surface area contributed by atoms with E-state index in [1.54, 1.807) is 0 Å². The molecule has 0 radical (unpaired) electrons. The van der Waals surface area contributed by atoms with E-state index in [0.717, 1.165) is 74.5 Å². The molecule has 0 N–H and O–H groups in total. The average Bonchev–Trinajstić information content (AvgIpc) is 2.78. The number of nitrogens with zero attached hydrogens (tertiary/aromatic N) is 2. The second kappa shape index (κ2) is 12.1. The number of hydrogen-bond acceptors (Lipinski definition) is 1. The van der Waals surface area contributed by atoms with Gasteiger partial charge < -0.3 is 13.7 Å². The van der Waals surface area contributed by atoms with Crippen molar-refractivity contribution in [2.24, 2.45) is 0 Å². The molecule has 160 valence electrons. The fraction of sp³-hybridized carbons (Fsp3) is 0.538. The van der Waals surface area contributed by atoms with Crippen molar-refractivity contribution in [2.75, 3.05) is 52.5 Å². The molecular formula is C26H42N2O+2. The van der Waals surface area contributed by atoms with Crippen LogP contribution in [0.3, 0.4) is 0 Å². The van der Waals surface area contributed by atoms with Gasteiger partial charge in [-0.25, -0.2) is 0 Å². The van der Waals surface area contributed by atoms with Gasteiger partial charge in [0.25, 0.3) is 0 Å². The molecule has 29 heavy (non-hydrogen) atoms. The molecule has 0 aromatic heterocycles. The minimum Gasteiger partial charge on any atom is -0.370 e. The molecule has 0 saturated carbocycles. The van der Waals surface area contributed by atoms with Crippen molar-refractivity contribution in [3.8, 4) is 0 Å². The largest absolute Gasteiger partial charge is 0.370 e. The van der Waals surface area contributed by atoms with Crippen LogP contribution in [-0.4, -0.2) is 61.4 Å². The van der Waals surface area contributed by atoms with E-state index in [-0.39, 0.29) is 0 Å². The number of rotatable bonds is 14. The van der Waals surface area contributed by atoms with E-state index in [9.17, 15) is 0 Å². The van der Waals surface area contributed by atoms with Crippen LogP contribution in [0.5, 0.6) is 0 Å². The molecule has 0 fully saturated rings. The quantitative estimate of drug-likeness (QED) is 0.317. The highest BCUT2D eigenvalue weighted by Gasteiger charge is 2.25. The lowest BCUT2D eigenvalue weighted by Crippen LogP contribution is -2.50. The van der Waals surface area contributed by atoms with Gasteiger partial charge in [0, 0.05) is 11.1 Å². The van der Waals surface area contributed by atoms with Crippen LogP contribution in [0, 0.1) is 0 Å². The molecule has 0 atom stereocenters. The summed E-state index contributed by atoms with van der Waals surface area (Å²) in [6, 6.07) is 21.8. The Morgan fingerprint density at radius 1 is 0.552 bits per heavy atom. The second-order valence-corrected chi connectivity index (χ2v) is 8.30. The molecule has 3 heteroatoms. The van der Waals surface area contributed by atoms with Crippen LogP contribution in [0.1, 0.15) is 38.8 Å². The first kappa shape index (κ1) is 23.6. The van der Waals surface area contributed by atoms with E-state index in [4.69, 9.17) is 4.74 Å². The first-order valence-corrected chi connectivity index (χ1v) is 11.5. The average molecular weight is 399 g/mol. The van der Waals surface area contributed by atoms with Gasteiger partial charge in [0.1, 0.15) is 26.2 Å². The monoisotopic (exact) mass is 398 g/mol. The molecule has 0 bridgehead atoms. The Labute approximate surface area is 179 Å². The van der Waals surface area contributed by atoms with Crippen molar-refractivity contribution in [1.29, 1.82) is 0 Å². The number of benzene rings is 2. The van der Waals surface area contributed by atoms with Crippen LogP contribution in [0.15, 0.2) is 60.7 Å². The van der Waals surface area contributed by atoms with Gasteiger partial charge in [-0.3, -0.25) is 0 Å². The highest BCUT2D eigenvalue weighted by atomic mass is 16.5. The minimum absolute atomic E-state index is 0.841. The van der Waals surface area contributed by atoms with E-state index >= 15 is 0 Å². The lowest BCUT2D eigenvalue weighted by molar-refractivity contribution is -0.941. The van der Waals surface area contributed by atoms with Gasteiger partial charge in [-0.2, -0.15) is 0 Å². The summed E-state index contributed by atoms with van der Waals surface area (Å²) < 4.78 is 8.38. The van der Waals surface area contributed by atoms with E-state index < -0.39 is 0 Å². The van der Waals surface area contributed by atoms with Crippen LogP contribution >= 0.6 is 0 Å². The fourth-order valence-corrected chi connectivity index (χ4v) is 4.24. The molecule has 0 amide bonds. The number of likely N-dealkylation sites (N-methyl/N-ethyl adjacent to an activating group) is 2. The first-order valence-electron chi connectivity index (χ1n) is 11.5. The maximum absolute atomic E-state index is 6.20. The normalized spacial score (nSPS) is 12.3. The van der Waals surface area contributed by atoms with Crippen molar-refractivity contribution < 1.29 is 13.7 Å². The maximum Gasteiger partial charge on any atom is 0.104 e. The molecule has 2 rings (SSSR count). The van der Waals surface area contributed by atoms with E-state index in [1.807, 2.05) is 0 Å². The third kappa shape index (κ3) is 7.26. The Balaban J connectivity index is 1.85. The Kier molecular flexibility index (Phi) is 9.86. The topological polar surface area (TPSA) is 9.23 Å². The second-order valence-electron chi connectivity index (χ2n) is 8.30. The maximum atomic E-state index is 6.20. The Bertz CT molecular complexity index is 604. The molecule has 2 aromatic carbocycles. The highest BCUT2D eigenvalue weighted by Crippen LogP contribution is 2.16. The molecule has 0 saturated heterocycles. The fourth-order valence-electron chi connectivity index (χ4n) is 4.24. The Morgan fingerprint density at radius 2 is 0.897 bits per heavy atom. The van der Waals surface area contributed by atoms with Gasteiger partial charge in [0.05, 0.1) is 39.4 Å². The summed E-state index contributed by atoms with van der Waals surface area (Å²) in [6.45, 7) is 19.8. The van der Waals surface area contributed by atoms with Crippen molar-refractivity contribution in [2.45, 2.75) is 40.8 Å². The van der Waals surface area contributed by atoms with Crippen LogP contribution < -0.4 is 0 Å². The Hall–Kier alpha value is -1.68.